The molecular weight excluding hydrogens is 272 g/mol. The van der Waals surface area contributed by atoms with Gasteiger partial charge in [0, 0.05) is 11.9 Å². The van der Waals surface area contributed by atoms with E-state index in [1.165, 1.54) is 5.56 Å². The standard InChI is InChI=1S/C15H18N2O2S/c1-9-17-12(8-20-9)13-4-3-11-5-10(7-16)6-14(18-2)15(11)19-13/h5-6,8,13H,3-4,7,16H2,1-2H3. The predicted octanol–water partition coefficient (Wildman–Crippen LogP) is 2.99. The van der Waals surface area contributed by atoms with Gasteiger partial charge in [0.15, 0.2) is 11.5 Å². The third-order valence-corrected chi connectivity index (χ3v) is 4.34. The SMILES string of the molecule is COc1cc(CN)cc2c1OC(c1csc(C)n1)CC2. The van der Waals surface area contributed by atoms with Gasteiger partial charge < -0.3 is 15.2 Å². The summed E-state index contributed by atoms with van der Waals surface area (Å²) in [6, 6.07) is 4.06. The first-order valence-electron chi connectivity index (χ1n) is 6.69. The van der Waals surface area contributed by atoms with E-state index in [1.807, 2.05) is 13.0 Å². The lowest BCUT2D eigenvalue weighted by molar-refractivity contribution is 0.165. The van der Waals surface area contributed by atoms with Crippen LogP contribution in [0.1, 0.15) is 34.4 Å². The highest BCUT2D eigenvalue weighted by molar-refractivity contribution is 7.09. The number of hydrogen-bond donors (Lipinski definition) is 1. The predicted molar refractivity (Wildman–Crippen MR) is 79.4 cm³/mol. The molecule has 1 aliphatic heterocycles. The first kappa shape index (κ1) is 13.4. The molecule has 2 aromatic rings. The Morgan fingerprint density at radius 3 is 3.00 bits per heavy atom. The molecule has 0 spiro atoms. The summed E-state index contributed by atoms with van der Waals surface area (Å²) in [7, 11) is 1.66. The van der Waals surface area contributed by atoms with Crippen LogP contribution in [0.2, 0.25) is 0 Å². The fourth-order valence-corrected chi connectivity index (χ4v) is 3.19. The van der Waals surface area contributed by atoms with Crippen LogP contribution in [-0.4, -0.2) is 12.1 Å². The molecule has 0 radical (unpaired) electrons. The molecule has 1 aliphatic rings. The number of aromatic nitrogens is 1. The smallest absolute Gasteiger partial charge is 0.165 e. The molecule has 0 aliphatic carbocycles. The summed E-state index contributed by atoms with van der Waals surface area (Å²) >= 11 is 1.66. The summed E-state index contributed by atoms with van der Waals surface area (Å²) in [4.78, 5) is 4.53. The molecule has 0 amide bonds. The van der Waals surface area contributed by atoms with Crippen LogP contribution in [0.3, 0.4) is 0 Å². The first-order valence-corrected chi connectivity index (χ1v) is 7.57. The fourth-order valence-electron chi connectivity index (χ4n) is 2.54. The van der Waals surface area contributed by atoms with Gasteiger partial charge in [0.1, 0.15) is 6.10 Å². The average molecular weight is 290 g/mol. The van der Waals surface area contributed by atoms with Crippen LogP contribution in [0.4, 0.5) is 0 Å². The van der Waals surface area contributed by atoms with Crippen LogP contribution in [-0.2, 0) is 13.0 Å². The van der Waals surface area contributed by atoms with Gasteiger partial charge in [-0.3, -0.25) is 0 Å². The van der Waals surface area contributed by atoms with Gasteiger partial charge in [-0.2, -0.15) is 0 Å². The second-order valence-electron chi connectivity index (χ2n) is 4.93. The van der Waals surface area contributed by atoms with E-state index in [0.29, 0.717) is 6.54 Å². The Balaban J connectivity index is 1.94. The monoisotopic (exact) mass is 290 g/mol. The summed E-state index contributed by atoms with van der Waals surface area (Å²) in [5.41, 5.74) is 8.99. The van der Waals surface area contributed by atoms with Gasteiger partial charge in [-0.1, -0.05) is 6.07 Å². The highest BCUT2D eigenvalue weighted by Crippen LogP contribution is 2.41. The molecule has 3 rings (SSSR count). The lowest BCUT2D eigenvalue weighted by Crippen LogP contribution is -2.17. The van der Waals surface area contributed by atoms with E-state index < -0.39 is 0 Å². The van der Waals surface area contributed by atoms with E-state index in [0.717, 1.165) is 40.6 Å². The quantitative estimate of drug-likeness (QED) is 0.944. The van der Waals surface area contributed by atoms with E-state index in [9.17, 15) is 0 Å². The summed E-state index contributed by atoms with van der Waals surface area (Å²) in [5, 5.41) is 3.14. The second-order valence-corrected chi connectivity index (χ2v) is 5.99. The topological polar surface area (TPSA) is 57.4 Å². The van der Waals surface area contributed by atoms with Crippen molar-refractivity contribution in [1.29, 1.82) is 0 Å². The van der Waals surface area contributed by atoms with Crippen molar-refractivity contribution in [2.75, 3.05) is 7.11 Å². The highest BCUT2D eigenvalue weighted by Gasteiger charge is 2.26. The number of aryl methyl sites for hydroxylation is 2. The van der Waals surface area contributed by atoms with Crippen LogP contribution in [0.15, 0.2) is 17.5 Å². The van der Waals surface area contributed by atoms with Crippen LogP contribution in [0, 0.1) is 6.92 Å². The van der Waals surface area contributed by atoms with Crippen LogP contribution in [0.5, 0.6) is 11.5 Å². The highest BCUT2D eigenvalue weighted by atomic mass is 32.1. The van der Waals surface area contributed by atoms with Crippen molar-refractivity contribution in [2.24, 2.45) is 5.73 Å². The molecule has 106 valence electrons. The average Bonchev–Trinajstić information content (AvgIpc) is 2.92. The van der Waals surface area contributed by atoms with Gasteiger partial charge in [0.25, 0.3) is 0 Å². The van der Waals surface area contributed by atoms with E-state index in [1.54, 1.807) is 18.4 Å². The maximum atomic E-state index is 6.13. The minimum absolute atomic E-state index is 0.0186. The number of ether oxygens (including phenoxy) is 2. The van der Waals surface area contributed by atoms with Crippen molar-refractivity contribution in [3.05, 3.63) is 39.3 Å². The summed E-state index contributed by atoms with van der Waals surface area (Å²) in [6.07, 6.45) is 1.92. The number of benzene rings is 1. The van der Waals surface area contributed by atoms with Crippen molar-refractivity contribution < 1.29 is 9.47 Å². The Bertz CT molecular complexity index is 607. The molecule has 2 N–H and O–H groups in total. The number of fused-ring (bicyclic) bond motifs is 1. The zero-order valence-corrected chi connectivity index (χ0v) is 12.5. The zero-order valence-electron chi connectivity index (χ0n) is 11.7. The fraction of sp³-hybridized carbons (Fsp3) is 0.400. The van der Waals surface area contributed by atoms with Gasteiger partial charge in [0.05, 0.1) is 17.8 Å². The maximum absolute atomic E-state index is 6.13. The summed E-state index contributed by atoms with van der Waals surface area (Å²) < 4.78 is 11.6. The molecule has 1 unspecified atom stereocenters. The van der Waals surface area contributed by atoms with Crippen LogP contribution < -0.4 is 15.2 Å². The molecular formula is C15H18N2O2S. The van der Waals surface area contributed by atoms with E-state index >= 15 is 0 Å². The van der Waals surface area contributed by atoms with Crippen LogP contribution in [0.25, 0.3) is 0 Å². The Labute approximate surface area is 122 Å². The first-order chi connectivity index (χ1) is 9.71. The van der Waals surface area contributed by atoms with Gasteiger partial charge in [0.2, 0.25) is 0 Å². The van der Waals surface area contributed by atoms with Crippen molar-refractivity contribution in [1.82, 2.24) is 4.98 Å². The molecule has 20 heavy (non-hydrogen) atoms. The zero-order chi connectivity index (χ0) is 14.1. The lowest BCUT2D eigenvalue weighted by atomic mass is 9.98. The minimum Gasteiger partial charge on any atom is -0.493 e. The van der Waals surface area contributed by atoms with Gasteiger partial charge in [-0.05, 0) is 37.0 Å². The number of hydrogen-bond acceptors (Lipinski definition) is 5. The normalized spacial score (nSPS) is 17.4. The third-order valence-electron chi connectivity index (χ3n) is 3.55. The molecule has 1 atom stereocenters. The molecule has 5 heteroatoms. The molecule has 1 aromatic carbocycles. The maximum Gasteiger partial charge on any atom is 0.165 e. The number of nitrogens with zero attached hydrogens (tertiary/aromatic N) is 1. The Morgan fingerprint density at radius 2 is 2.35 bits per heavy atom. The number of rotatable bonds is 3. The lowest BCUT2D eigenvalue weighted by Gasteiger charge is -2.27. The van der Waals surface area contributed by atoms with Crippen molar-refractivity contribution in [3.63, 3.8) is 0 Å². The molecule has 1 aromatic heterocycles. The summed E-state index contributed by atoms with van der Waals surface area (Å²) in [5.74, 6) is 1.60. The van der Waals surface area contributed by atoms with E-state index in [2.05, 4.69) is 16.4 Å². The second kappa shape index (κ2) is 5.42. The molecule has 0 bridgehead atoms. The Morgan fingerprint density at radius 1 is 1.50 bits per heavy atom. The van der Waals surface area contributed by atoms with Crippen molar-refractivity contribution in [3.8, 4) is 11.5 Å². The largest absolute Gasteiger partial charge is 0.493 e. The molecule has 0 fully saturated rings. The van der Waals surface area contributed by atoms with Gasteiger partial charge in [-0.15, -0.1) is 11.3 Å². The Kier molecular flexibility index (Phi) is 3.63. The molecule has 2 heterocycles. The molecule has 0 saturated carbocycles. The number of nitrogens with two attached hydrogens (primary N) is 1. The van der Waals surface area contributed by atoms with Crippen molar-refractivity contribution >= 4 is 11.3 Å². The third kappa shape index (κ3) is 2.39. The van der Waals surface area contributed by atoms with E-state index in [-0.39, 0.29) is 6.10 Å². The Hall–Kier alpha value is -1.59. The number of thiazole rings is 1. The van der Waals surface area contributed by atoms with Crippen molar-refractivity contribution in [2.45, 2.75) is 32.4 Å². The van der Waals surface area contributed by atoms with Crippen LogP contribution >= 0.6 is 11.3 Å². The molecule has 0 saturated heterocycles. The van der Waals surface area contributed by atoms with E-state index in [4.69, 9.17) is 15.2 Å². The number of methoxy groups -OCH3 is 1. The molecule has 4 nitrogen and oxygen atoms in total. The van der Waals surface area contributed by atoms with Gasteiger partial charge >= 0.3 is 0 Å². The van der Waals surface area contributed by atoms with Gasteiger partial charge in [-0.25, -0.2) is 4.98 Å². The minimum atomic E-state index is 0.0186. The summed E-state index contributed by atoms with van der Waals surface area (Å²) in [6.45, 7) is 2.53.